The first-order chi connectivity index (χ1) is 9.86. The normalized spacial score (nSPS) is 12.3. The summed E-state index contributed by atoms with van der Waals surface area (Å²) in [5.74, 6) is 1.74. The fourth-order valence-electron chi connectivity index (χ4n) is 2.11. The van der Waals surface area contributed by atoms with Gasteiger partial charge in [0, 0.05) is 12.7 Å². The molecule has 1 atom stereocenters. The fraction of sp³-hybridized carbons (Fsp3) is 0.375. The summed E-state index contributed by atoms with van der Waals surface area (Å²) in [4.78, 5) is 0. The molecule has 1 aromatic carbocycles. The topological polar surface area (TPSA) is 43.6 Å². The van der Waals surface area contributed by atoms with E-state index in [-0.39, 0.29) is 6.04 Å². The van der Waals surface area contributed by atoms with Gasteiger partial charge in [0.2, 0.25) is 0 Å². The zero-order valence-electron chi connectivity index (χ0n) is 12.0. The van der Waals surface area contributed by atoms with Crippen LogP contribution in [0.25, 0.3) is 0 Å². The van der Waals surface area contributed by atoms with Gasteiger partial charge in [0.1, 0.15) is 18.1 Å². The van der Waals surface area contributed by atoms with Crippen molar-refractivity contribution >= 4 is 0 Å². The van der Waals surface area contributed by atoms with Crippen LogP contribution in [0, 0.1) is 0 Å². The monoisotopic (exact) mass is 275 g/mol. The van der Waals surface area contributed by atoms with Crippen molar-refractivity contribution < 1.29 is 13.9 Å². The minimum Gasteiger partial charge on any atom is -0.491 e. The van der Waals surface area contributed by atoms with Crippen LogP contribution in [-0.2, 0) is 4.74 Å². The van der Waals surface area contributed by atoms with Gasteiger partial charge >= 0.3 is 0 Å². The molecule has 2 rings (SSSR count). The van der Waals surface area contributed by atoms with Crippen LogP contribution in [0.5, 0.6) is 5.75 Å². The molecule has 0 radical (unpaired) electrons. The van der Waals surface area contributed by atoms with Gasteiger partial charge in [0.15, 0.2) is 0 Å². The molecule has 0 saturated heterocycles. The number of furan rings is 1. The van der Waals surface area contributed by atoms with E-state index >= 15 is 0 Å². The van der Waals surface area contributed by atoms with Gasteiger partial charge in [-0.15, -0.1) is 0 Å². The summed E-state index contributed by atoms with van der Waals surface area (Å²) >= 11 is 0. The Kier molecular flexibility index (Phi) is 5.65. The Morgan fingerprint density at radius 3 is 2.70 bits per heavy atom. The van der Waals surface area contributed by atoms with Crippen molar-refractivity contribution in [2.45, 2.75) is 13.0 Å². The maximum absolute atomic E-state index is 5.80. The van der Waals surface area contributed by atoms with Crippen LogP contribution >= 0.6 is 0 Å². The summed E-state index contributed by atoms with van der Waals surface area (Å²) in [5, 5.41) is 3.43. The van der Waals surface area contributed by atoms with Crippen LogP contribution in [-0.4, -0.2) is 26.9 Å². The van der Waals surface area contributed by atoms with Crippen molar-refractivity contribution in [3.05, 3.63) is 54.0 Å². The Morgan fingerprint density at radius 2 is 2.00 bits per heavy atom. The van der Waals surface area contributed by atoms with Crippen LogP contribution in [0.4, 0.5) is 0 Å². The second kappa shape index (κ2) is 7.72. The maximum Gasteiger partial charge on any atom is 0.125 e. The smallest absolute Gasteiger partial charge is 0.125 e. The van der Waals surface area contributed by atoms with E-state index in [9.17, 15) is 0 Å². The lowest BCUT2D eigenvalue weighted by molar-refractivity contribution is 0.145. The van der Waals surface area contributed by atoms with Gasteiger partial charge in [-0.1, -0.05) is 25.1 Å². The number of nitrogens with one attached hydrogen (secondary N) is 1. The van der Waals surface area contributed by atoms with Gasteiger partial charge in [0.05, 0.1) is 18.9 Å². The lowest BCUT2D eigenvalue weighted by Gasteiger charge is -2.19. The second-order valence-corrected chi connectivity index (χ2v) is 4.39. The van der Waals surface area contributed by atoms with Crippen molar-refractivity contribution in [3.8, 4) is 5.75 Å². The first-order valence-corrected chi connectivity index (χ1v) is 6.84. The fourth-order valence-corrected chi connectivity index (χ4v) is 2.11. The van der Waals surface area contributed by atoms with E-state index in [4.69, 9.17) is 13.9 Å². The second-order valence-electron chi connectivity index (χ2n) is 4.39. The van der Waals surface area contributed by atoms with E-state index in [1.165, 1.54) is 0 Å². The largest absolute Gasteiger partial charge is 0.491 e. The molecule has 0 fully saturated rings. The van der Waals surface area contributed by atoms with E-state index in [2.05, 4.69) is 18.3 Å². The van der Waals surface area contributed by atoms with Crippen molar-refractivity contribution in [1.29, 1.82) is 0 Å². The summed E-state index contributed by atoms with van der Waals surface area (Å²) in [6, 6.07) is 11.9. The van der Waals surface area contributed by atoms with E-state index in [1.54, 1.807) is 13.4 Å². The molecule has 0 aliphatic carbocycles. The first kappa shape index (κ1) is 14.6. The van der Waals surface area contributed by atoms with Crippen molar-refractivity contribution in [2.75, 3.05) is 26.9 Å². The predicted molar refractivity (Wildman–Crippen MR) is 78.0 cm³/mol. The highest BCUT2D eigenvalue weighted by Crippen LogP contribution is 2.30. The Balaban J connectivity index is 2.23. The van der Waals surface area contributed by atoms with Gasteiger partial charge < -0.3 is 19.2 Å². The van der Waals surface area contributed by atoms with Gasteiger partial charge in [-0.25, -0.2) is 0 Å². The third-order valence-electron chi connectivity index (χ3n) is 3.01. The molecule has 0 saturated carbocycles. The Labute approximate surface area is 119 Å². The number of hydrogen-bond acceptors (Lipinski definition) is 4. The molecule has 0 bridgehead atoms. The van der Waals surface area contributed by atoms with Crippen LogP contribution in [0.1, 0.15) is 24.3 Å². The van der Waals surface area contributed by atoms with Gasteiger partial charge in [-0.2, -0.15) is 0 Å². The summed E-state index contributed by atoms with van der Waals surface area (Å²) in [7, 11) is 1.67. The molecule has 108 valence electrons. The third kappa shape index (κ3) is 3.62. The quantitative estimate of drug-likeness (QED) is 0.752. The highest BCUT2D eigenvalue weighted by atomic mass is 16.5. The number of methoxy groups -OCH3 is 1. The summed E-state index contributed by atoms with van der Waals surface area (Å²) in [6.45, 7) is 4.02. The molecule has 1 unspecified atom stereocenters. The van der Waals surface area contributed by atoms with E-state index in [0.717, 1.165) is 23.6 Å². The molecule has 0 aliphatic heterocycles. The Morgan fingerprint density at radius 1 is 1.15 bits per heavy atom. The van der Waals surface area contributed by atoms with E-state index < -0.39 is 0 Å². The zero-order chi connectivity index (χ0) is 14.2. The highest BCUT2D eigenvalue weighted by Gasteiger charge is 2.19. The standard InChI is InChI=1S/C16H21NO3/c1-3-17-16(15-9-6-10-19-15)13-7-4-5-8-14(13)20-12-11-18-2/h4-10,16-17H,3,11-12H2,1-2H3. The first-order valence-electron chi connectivity index (χ1n) is 6.84. The summed E-state index contributed by atoms with van der Waals surface area (Å²) in [5.41, 5.74) is 1.07. The molecule has 0 amide bonds. The van der Waals surface area contributed by atoms with Crippen molar-refractivity contribution in [1.82, 2.24) is 5.32 Å². The molecule has 20 heavy (non-hydrogen) atoms. The van der Waals surface area contributed by atoms with Crippen LogP contribution in [0.3, 0.4) is 0 Å². The molecule has 2 aromatic rings. The lowest BCUT2D eigenvalue weighted by atomic mass is 10.0. The molecular weight excluding hydrogens is 254 g/mol. The van der Waals surface area contributed by atoms with Crippen LogP contribution < -0.4 is 10.1 Å². The summed E-state index contributed by atoms with van der Waals surface area (Å²) in [6.07, 6.45) is 1.69. The van der Waals surface area contributed by atoms with E-state index in [0.29, 0.717) is 13.2 Å². The molecule has 4 heteroatoms. The maximum atomic E-state index is 5.80. The number of hydrogen-bond donors (Lipinski definition) is 1. The Bertz CT molecular complexity index is 496. The molecule has 4 nitrogen and oxygen atoms in total. The van der Waals surface area contributed by atoms with Gasteiger partial charge in [-0.05, 0) is 24.7 Å². The van der Waals surface area contributed by atoms with Gasteiger partial charge in [0.25, 0.3) is 0 Å². The van der Waals surface area contributed by atoms with Crippen molar-refractivity contribution in [3.63, 3.8) is 0 Å². The lowest BCUT2D eigenvalue weighted by Crippen LogP contribution is -2.22. The molecule has 1 heterocycles. The van der Waals surface area contributed by atoms with Crippen molar-refractivity contribution in [2.24, 2.45) is 0 Å². The molecule has 1 aromatic heterocycles. The minimum atomic E-state index is -0.00579. The molecule has 0 aliphatic rings. The molecule has 0 spiro atoms. The van der Waals surface area contributed by atoms with Crippen LogP contribution in [0.15, 0.2) is 47.1 Å². The third-order valence-corrected chi connectivity index (χ3v) is 3.01. The average molecular weight is 275 g/mol. The molecule has 1 N–H and O–H groups in total. The number of ether oxygens (including phenoxy) is 2. The highest BCUT2D eigenvalue weighted by molar-refractivity contribution is 5.39. The summed E-state index contributed by atoms with van der Waals surface area (Å²) < 4.78 is 16.4. The number of benzene rings is 1. The minimum absolute atomic E-state index is 0.00579. The number of para-hydroxylation sites is 1. The van der Waals surface area contributed by atoms with Crippen LogP contribution in [0.2, 0.25) is 0 Å². The molecular formula is C16H21NO3. The predicted octanol–water partition coefficient (Wildman–Crippen LogP) is 3.00. The van der Waals surface area contributed by atoms with Gasteiger partial charge in [-0.3, -0.25) is 0 Å². The Hall–Kier alpha value is -1.78. The number of rotatable bonds is 8. The van der Waals surface area contributed by atoms with E-state index in [1.807, 2.05) is 30.3 Å². The zero-order valence-corrected chi connectivity index (χ0v) is 12.0. The SMILES string of the molecule is CCNC(c1ccco1)c1ccccc1OCCOC. The average Bonchev–Trinajstić information content (AvgIpc) is 3.00.